The Morgan fingerprint density at radius 3 is 2.74 bits per heavy atom. The molecule has 1 unspecified atom stereocenters. The first-order valence-electron chi connectivity index (χ1n) is 6.53. The fraction of sp³-hybridized carbons (Fsp3) is 0.500. The molecule has 1 aliphatic rings. The Morgan fingerprint density at radius 1 is 1.42 bits per heavy atom. The van der Waals surface area contributed by atoms with Crippen molar-refractivity contribution in [2.45, 2.75) is 19.8 Å². The Labute approximate surface area is 114 Å². The molecule has 1 aromatic carbocycles. The number of hydrogen-bond donors (Lipinski definition) is 2. The van der Waals surface area contributed by atoms with E-state index in [1.54, 1.807) is 0 Å². The van der Waals surface area contributed by atoms with E-state index < -0.39 is 0 Å². The SMILES string of the molecule is CN/C(=N\NC(C)OCc1ccccc1)C1COC1. The van der Waals surface area contributed by atoms with E-state index in [2.05, 4.69) is 15.8 Å². The fourth-order valence-corrected chi connectivity index (χ4v) is 1.74. The highest BCUT2D eigenvalue weighted by Crippen LogP contribution is 2.10. The minimum atomic E-state index is -0.135. The Morgan fingerprint density at radius 2 is 2.16 bits per heavy atom. The lowest BCUT2D eigenvalue weighted by Gasteiger charge is -2.27. The molecule has 104 valence electrons. The molecule has 19 heavy (non-hydrogen) atoms. The van der Waals surface area contributed by atoms with Crippen molar-refractivity contribution >= 4 is 5.84 Å². The normalized spacial score (nSPS) is 17.7. The third-order valence-corrected chi connectivity index (χ3v) is 2.99. The van der Waals surface area contributed by atoms with Crippen LogP contribution in [0.1, 0.15) is 12.5 Å². The molecular formula is C14H21N3O2. The second kappa shape index (κ2) is 7.11. The molecule has 1 aromatic rings. The maximum absolute atomic E-state index is 5.68. The van der Waals surface area contributed by atoms with Gasteiger partial charge in [-0.3, -0.25) is 5.43 Å². The van der Waals surface area contributed by atoms with Gasteiger partial charge in [0.25, 0.3) is 0 Å². The molecule has 0 aromatic heterocycles. The molecule has 2 rings (SSSR count). The van der Waals surface area contributed by atoms with Crippen molar-refractivity contribution in [2.24, 2.45) is 11.0 Å². The van der Waals surface area contributed by atoms with Crippen LogP contribution in [0.15, 0.2) is 35.4 Å². The molecule has 0 radical (unpaired) electrons. The van der Waals surface area contributed by atoms with Gasteiger partial charge in [0.05, 0.1) is 25.7 Å². The molecule has 5 nitrogen and oxygen atoms in total. The van der Waals surface area contributed by atoms with Gasteiger partial charge in [0, 0.05) is 7.05 Å². The molecular weight excluding hydrogens is 242 g/mol. The molecule has 1 saturated heterocycles. The number of ether oxygens (including phenoxy) is 2. The summed E-state index contributed by atoms with van der Waals surface area (Å²) in [7, 11) is 1.87. The average Bonchev–Trinajstić information content (AvgIpc) is 2.40. The lowest BCUT2D eigenvalue weighted by atomic mass is 10.1. The Hall–Kier alpha value is -1.59. The van der Waals surface area contributed by atoms with Crippen molar-refractivity contribution in [3.8, 4) is 0 Å². The molecule has 1 aliphatic heterocycles. The Balaban J connectivity index is 1.74. The van der Waals surface area contributed by atoms with Crippen molar-refractivity contribution < 1.29 is 9.47 Å². The number of hydrazone groups is 1. The number of hydrogen-bond acceptors (Lipinski definition) is 4. The minimum absolute atomic E-state index is 0.135. The van der Waals surface area contributed by atoms with E-state index in [0.717, 1.165) is 24.6 Å². The van der Waals surface area contributed by atoms with Gasteiger partial charge in [-0.25, -0.2) is 0 Å². The third-order valence-electron chi connectivity index (χ3n) is 2.99. The van der Waals surface area contributed by atoms with E-state index in [1.165, 1.54) is 0 Å². The first-order valence-corrected chi connectivity index (χ1v) is 6.53. The fourth-order valence-electron chi connectivity index (χ4n) is 1.74. The minimum Gasteiger partial charge on any atom is -0.380 e. The summed E-state index contributed by atoms with van der Waals surface area (Å²) in [6.45, 7) is 3.99. The van der Waals surface area contributed by atoms with Gasteiger partial charge in [-0.05, 0) is 12.5 Å². The van der Waals surface area contributed by atoms with Crippen LogP contribution in [-0.2, 0) is 16.1 Å². The van der Waals surface area contributed by atoms with Crippen LogP contribution in [0.25, 0.3) is 0 Å². The van der Waals surface area contributed by atoms with E-state index in [-0.39, 0.29) is 6.23 Å². The van der Waals surface area contributed by atoms with Gasteiger partial charge in [0.2, 0.25) is 0 Å². The first-order chi connectivity index (χ1) is 9.29. The summed E-state index contributed by atoms with van der Waals surface area (Å²) in [6.07, 6.45) is -0.135. The van der Waals surface area contributed by atoms with Crippen LogP contribution in [0.2, 0.25) is 0 Å². The molecule has 0 saturated carbocycles. The summed E-state index contributed by atoms with van der Waals surface area (Å²) in [4.78, 5) is 0. The van der Waals surface area contributed by atoms with Crippen LogP contribution in [0.4, 0.5) is 0 Å². The van der Waals surface area contributed by atoms with E-state index >= 15 is 0 Å². The smallest absolute Gasteiger partial charge is 0.140 e. The lowest BCUT2D eigenvalue weighted by molar-refractivity contribution is -0.000887. The van der Waals surface area contributed by atoms with Crippen molar-refractivity contribution in [3.05, 3.63) is 35.9 Å². The predicted molar refractivity (Wildman–Crippen MR) is 74.6 cm³/mol. The van der Waals surface area contributed by atoms with E-state index in [4.69, 9.17) is 9.47 Å². The van der Waals surface area contributed by atoms with Gasteiger partial charge in [0.1, 0.15) is 12.1 Å². The highest BCUT2D eigenvalue weighted by Gasteiger charge is 2.23. The molecule has 2 N–H and O–H groups in total. The average molecular weight is 263 g/mol. The molecule has 0 spiro atoms. The van der Waals surface area contributed by atoms with Crippen LogP contribution >= 0.6 is 0 Å². The maximum Gasteiger partial charge on any atom is 0.140 e. The summed E-state index contributed by atoms with van der Waals surface area (Å²) >= 11 is 0. The van der Waals surface area contributed by atoms with Gasteiger partial charge < -0.3 is 14.8 Å². The number of nitrogens with one attached hydrogen (secondary N) is 2. The third kappa shape index (κ3) is 4.22. The van der Waals surface area contributed by atoms with Gasteiger partial charge in [-0.2, -0.15) is 5.10 Å². The van der Waals surface area contributed by atoms with Crippen LogP contribution in [0.3, 0.4) is 0 Å². The largest absolute Gasteiger partial charge is 0.380 e. The summed E-state index contributed by atoms with van der Waals surface area (Å²) in [6, 6.07) is 10.1. The molecule has 0 aliphatic carbocycles. The summed E-state index contributed by atoms with van der Waals surface area (Å²) in [5.41, 5.74) is 4.15. The monoisotopic (exact) mass is 263 g/mol. The topological polar surface area (TPSA) is 54.9 Å². The van der Waals surface area contributed by atoms with E-state index in [1.807, 2.05) is 44.3 Å². The predicted octanol–water partition coefficient (Wildman–Crippen LogP) is 1.32. The van der Waals surface area contributed by atoms with E-state index in [0.29, 0.717) is 12.5 Å². The van der Waals surface area contributed by atoms with Crippen molar-refractivity contribution in [2.75, 3.05) is 20.3 Å². The van der Waals surface area contributed by atoms with Gasteiger partial charge in [-0.1, -0.05) is 30.3 Å². The molecule has 0 amide bonds. The summed E-state index contributed by atoms with van der Waals surface area (Å²) in [5.74, 6) is 1.29. The molecule has 5 heteroatoms. The van der Waals surface area contributed by atoms with Crippen molar-refractivity contribution in [1.82, 2.24) is 10.7 Å². The number of rotatable bonds is 6. The lowest BCUT2D eigenvalue weighted by Crippen LogP contribution is -2.42. The Bertz CT molecular complexity index is 404. The summed E-state index contributed by atoms with van der Waals surface area (Å²) < 4.78 is 10.8. The van der Waals surface area contributed by atoms with Crippen LogP contribution < -0.4 is 10.7 Å². The second-order valence-corrected chi connectivity index (χ2v) is 4.55. The number of nitrogens with zero attached hydrogens (tertiary/aromatic N) is 1. The van der Waals surface area contributed by atoms with Crippen LogP contribution in [-0.4, -0.2) is 32.3 Å². The molecule has 1 atom stereocenters. The molecule has 0 bridgehead atoms. The molecule has 1 fully saturated rings. The standard InChI is InChI=1S/C14H21N3O2/c1-11(19-8-12-6-4-3-5-7-12)16-17-14(15-2)13-9-18-10-13/h3-7,11,13,16H,8-10H2,1-2H3,(H,15,17). The van der Waals surface area contributed by atoms with Crippen LogP contribution in [0.5, 0.6) is 0 Å². The maximum atomic E-state index is 5.68. The highest BCUT2D eigenvalue weighted by atomic mass is 16.5. The zero-order valence-corrected chi connectivity index (χ0v) is 11.4. The number of benzene rings is 1. The van der Waals surface area contributed by atoms with Gasteiger partial charge in [-0.15, -0.1) is 0 Å². The highest BCUT2D eigenvalue weighted by molar-refractivity contribution is 5.84. The zero-order chi connectivity index (χ0) is 13.5. The Kier molecular flexibility index (Phi) is 5.18. The summed E-state index contributed by atoms with van der Waals surface area (Å²) in [5, 5.41) is 7.41. The molecule has 1 heterocycles. The zero-order valence-electron chi connectivity index (χ0n) is 11.4. The van der Waals surface area contributed by atoms with Crippen molar-refractivity contribution in [3.63, 3.8) is 0 Å². The second-order valence-electron chi connectivity index (χ2n) is 4.55. The van der Waals surface area contributed by atoms with E-state index in [9.17, 15) is 0 Å². The first kappa shape index (κ1) is 13.8. The van der Waals surface area contributed by atoms with Gasteiger partial charge >= 0.3 is 0 Å². The van der Waals surface area contributed by atoms with Crippen LogP contribution in [0, 0.1) is 5.92 Å². The van der Waals surface area contributed by atoms with Crippen molar-refractivity contribution in [1.29, 1.82) is 0 Å². The quantitative estimate of drug-likeness (QED) is 0.352. The number of amidine groups is 1. The van der Waals surface area contributed by atoms with Gasteiger partial charge in [0.15, 0.2) is 0 Å².